The average molecular weight is 1250 g/mol. The minimum Gasteiger partial charge on any atom is -0.493 e. The van der Waals surface area contributed by atoms with Gasteiger partial charge in [-0.25, -0.2) is 9.97 Å². The maximum absolute atomic E-state index is 6.70. The van der Waals surface area contributed by atoms with Gasteiger partial charge < -0.3 is 9.47 Å². The number of rotatable bonds is 35. The molecule has 1 aliphatic carbocycles. The number of benzene rings is 6. The molecule has 0 spiro atoms. The van der Waals surface area contributed by atoms with Crippen LogP contribution in [0.25, 0.3) is 96.2 Å². The van der Waals surface area contributed by atoms with E-state index in [0.29, 0.717) is 25.0 Å². The number of unbranched alkanes of at least 4 members (excludes halogenated alkanes) is 12. The van der Waals surface area contributed by atoms with Crippen LogP contribution >= 0.6 is 34.0 Å². The molecule has 2 atom stereocenters. The molecule has 4 heterocycles. The number of ether oxygens (including phenoxy) is 2. The largest absolute Gasteiger partial charge is 0.493 e. The fraction of sp³-hybridized carbons (Fsp3) is 0.398. The van der Waals surface area contributed by atoms with Gasteiger partial charge in [0.1, 0.15) is 22.5 Å². The van der Waals surface area contributed by atoms with Crippen LogP contribution in [0.3, 0.4) is 0 Å². The van der Waals surface area contributed by atoms with Crippen molar-refractivity contribution in [2.24, 2.45) is 11.8 Å². The van der Waals surface area contributed by atoms with E-state index in [1.54, 1.807) is 5.56 Å². The van der Waals surface area contributed by atoms with E-state index in [1.165, 1.54) is 187 Å². The molecule has 0 bridgehead atoms. The van der Waals surface area contributed by atoms with Gasteiger partial charge in [-0.05, 0) is 143 Å². The van der Waals surface area contributed by atoms with E-state index >= 15 is 0 Å². The molecule has 90 heavy (non-hydrogen) atoms. The zero-order valence-electron chi connectivity index (χ0n) is 54.7. The lowest BCUT2D eigenvalue weighted by atomic mass is 9.70. The van der Waals surface area contributed by atoms with Crippen LogP contribution in [0.2, 0.25) is 0 Å². The van der Waals surface area contributed by atoms with Gasteiger partial charge in [0.15, 0.2) is 0 Å². The molecular weight excluding hydrogens is 1150 g/mol. The highest BCUT2D eigenvalue weighted by molar-refractivity contribution is 7.29. The zero-order valence-corrected chi connectivity index (χ0v) is 57.2. The fourth-order valence-corrected chi connectivity index (χ4v) is 17.2. The van der Waals surface area contributed by atoms with Crippen LogP contribution in [-0.4, -0.2) is 23.2 Å². The fourth-order valence-electron chi connectivity index (χ4n) is 13.7. The van der Waals surface area contributed by atoms with Crippen molar-refractivity contribution >= 4 is 45.0 Å². The topological polar surface area (TPSA) is 44.2 Å². The second kappa shape index (κ2) is 32.1. The normalized spacial score (nSPS) is 13.2. The first-order valence-electron chi connectivity index (χ1n) is 34.8. The molecule has 10 aromatic rings. The molecule has 11 rings (SSSR count). The molecular formula is C83H96N2O2S3. The van der Waals surface area contributed by atoms with E-state index in [-0.39, 0.29) is 5.41 Å². The highest BCUT2D eigenvalue weighted by Gasteiger charge is 2.43. The third kappa shape index (κ3) is 15.3. The van der Waals surface area contributed by atoms with Crippen LogP contribution in [0.1, 0.15) is 194 Å². The van der Waals surface area contributed by atoms with Gasteiger partial charge in [-0.2, -0.15) is 0 Å². The molecule has 0 saturated carbocycles. The molecule has 4 nitrogen and oxygen atoms in total. The summed E-state index contributed by atoms with van der Waals surface area (Å²) in [5.41, 5.74) is 16.5. The number of hydrogen-bond donors (Lipinski definition) is 0. The summed E-state index contributed by atoms with van der Waals surface area (Å²) in [6.45, 7) is 15.2. The first-order valence-corrected chi connectivity index (χ1v) is 37.2. The Balaban J connectivity index is 1.04. The Bertz CT molecular complexity index is 3860. The Kier molecular flexibility index (Phi) is 23.1. The second-order valence-corrected chi connectivity index (χ2v) is 28.8. The van der Waals surface area contributed by atoms with Crippen LogP contribution < -0.4 is 9.47 Å². The van der Waals surface area contributed by atoms with E-state index in [2.05, 4.69) is 211 Å². The van der Waals surface area contributed by atoms with E-state index in [9.17, 15) is 0 Å². The number of fused-ring (bicyclic) bond motifs is 4. The second-order valence-electron chi connectivity index (χ2n) is 25.6. The van der Waals surface area contributed by atoms with Gasteiger partial charge in [0.2, 0.25) is 0 Å². The Morgan fingerprint density at radius 1 is 0.356 bits per heavy atom. The predicted molar refractivity (Wildman–Crippen MR) is 391 cm³/mol. The first kappa shape index (κ1) is 64.9. The van der Waals surface area contributed by atoms with Crippen LogP contribution in [0.5, 0.6) is 11.5 Å². The van der Waals surface area contributed by atoms with Gasteiger partial charge in [-0.3, -0.25) is 0 Å². The molecule has 0 saturated heterocycles. The minimum absolute atomic E-state index is 0.0593. The number of thiophene rings is 3. The lowest BCUT2D eigenvalue weighted by Crippen LogP contribution is -2.25. The summed E-state index contributed by atoms with van der Waals surface area (Å²) in [7, 11) is 0. The summed E-state index contributed by atoms with van der Waals surface area (Å²) in [4.78, 5) is 19.0. The van der Waals surface area contributed by atoms with Gasteiger partial charge in [-0.1, -0.05) is 266 Å². The molecule has 1 aliphatic rings. The average Bonchev–Trinajstić information content (AvgIpc) is 1.62. The molecule has 0 fully saturated rings. The molecule has 0 radical (unpaired) electrons. The Morgan fingerprint density at radius 2 is 0.778 bits per heavy atom. The molecule has 0 aliphatic heterocycles. The Labute approximate surface area is 551 Å². The van der Waals surface area contributed by atoms with Crippen molar-refractivity contribution in [2.75, 3.05) is 13.2 Å². The molecule has 0 N–H and O–H groups in total. The highest BCUT2D eigenvalue weighted by Crippen LogP contribution is 2.57. The van der Waals surface area contributed by atoms with Gasteiger partial charge in [0, 0.05) is 36.1 Å². The Morgan fingerprint density at radius 3 is 1.27 bits per heavy atom. The van der Waals surface area contributed by atoms with E-state index in [1.807, 2.05) is 34.0 Å². The predicted octanol–water partition coefficient (Wildman–Crippen LogP) is 26.4. The van der Waals surface area contributed by atoms with Crippen molar-refractivity contribution in [1.82, 2.24) is 9.97 Å². The van der Waals surface area contributed by atoms with Crippen LogP contribution in [0, 0.1) is 11.8 Å². The summed E-state index contributed by atoms with van der Waals surface area (Å²) < 4.78 is 13.4. The van der Waals surface area contributed by atoms with E-state index in [0.717, 1.165) is 67.6 Å². The molecule has 2 unspecified atom stereocenters. The number of nitrogens with zero attached hydrogens (tertiary/aromatic N) is 2. The van der Waals surface area contributed by atoms with E-state index < -0.39 is 0 Å². The zero-order chi connectivity index (χ0) is 62.1. The van der Waals surface area contributed by atoms with Crippen molar-refractivity contribution in [1.29, 1.82) is 0 Å². The Hall–Kier alpha value is -6.64. The standard InChI is InChI=1S/C83H96N2O2S3/c1-7-13-17-19-21-29-51-83(52-30-22-20-18-14-8-2)71-55-63(61-35-25-23-26-36-61)43-45-69(71)70-46-44-64(56-72(70)83)74-48-50-76(89-74)82-80-79(81(90-82)75-49-47-73(88-75)62-37-27-24-28-38-62)84-77(65-39-31-41-67(53-65)86-57-59(11-5)33-15-9-3)78(85-80)66-40-32-42-68(54-66)87-58-60(12-6)34-16-10-4/h23-28,31-32,35-50,53-56,59-60H,7-22,29-30,33-34,51-52,57-58H2,1-6H3. The molecule has 7 heteroatoms. The quantitative estimate of drug-likeness (QED) is 0.0371. The summed E-state index contributed by atoms with van der Waals surface area (Å²) in [5.74, 6) is 2.75. The van der Waals surface area contributed by atoms with Crippen LogP contribution in [0.15, 0.2) is 170 Å². The maximum Gasteiger partial charge on any atom is 0.119 e. The third-order valence-corrected chi connectivity index (χ3v) is 23.0. The molecule has 6 aromatic carbocycles. The monoisotopic (exact) mass is 1250 g/mol. The van der Waals surface area contributed by atoms with Gasteiger partial charge in [0.25, 0.3) is 0 Å². The van der Waals surface area contributed by atoms with Crippen molar-refractivity contribution in [2.45, 2.75) is 188 Å². The maximum atomic E-state index is 6.70. The van der Waals surface area contributed by atoms with Crippen molar-refractivity contribution in [3.8, 4) is 96.7 Å². The summed E-state index contributed by atoms with van der Waals surface area (Å²) >= 11 is 5.58. The lowest BCUT2D eigenvalue weighted by Gasteiger charge is -2.33. The van der Waals surface area contributed by atoms with Gasteiger partial charge in [-0.15, -0.1) is 34.0 Å². The highest BCUT2D eigenvalue weighted by atomic mass is 32.1. The number of hydrogen-bond acceptors (Lipinski definition) is 7. The summed E-state index contributed by atoms with van der Waals surface area (Å²) in [6.07, 6.45) is 27.3. The van der Waals surface area contributed by atoms with Gasteiger partial charge >= 0.3 is 0 Å². The first-order chi connectivity index (χ1) is 44.3. The third-order valence-electron chi connectivity index (χ3n) is 19.2. The smallest absolute Gasteiger partial charge is 0.119 e. The summed E-state index contributed by atoms with van der Waals surface area (Å²) in [5, 5.41) is 0. The molecule has 0 amide bonds. The van der Waals surface area contributed by atoms with Crippen molar-refractivity contribution in [3.63, 3.8) is 0 Å². The SMILES string of the molecule is CCCCCCCCC1(CCCCCCCC)c2cc(-c3ccccc3)ccc2-c2ccc(-c3ccc(-c4sc(-c5ccc(-c6ccccc6)s5)c5nc(-c6cccc(OCC(CC)CCCC)c6)c(-c6cccc(OCC(CC)CCCC)c6)nc45)s3)cc21. The van der Waals surface area contributed by atoms with E-state index in [4.69, 9.17) is 19.4 Å². The van der Waals surface area contributed by atoms with Crippen LogP contribution in [0.4, 0.5) is 0 Å². The lowest BCUT2D eigenvalue weighted by molar-refractivity contribution is 0.233. The molecule has 4 aromatic heterocycles. The van der Waals surface area contributed by atoms with Crippen LogP contribution in [-0.2, 0) is 5.41 Å². The van der Waals surface area contributed by atoms with Crippen molar-refractivity contribution < 1.29 is 9.47 Å². The van der Waals surface area contributed by atoms with Gasteiger partial charge in [0.05, 0.1) is 34.4 Å². The molecule has 468 valence electrons. The summed E-state index contributed by atoms with van der Waals surface area (Å²) in [6, 6.07) is 63.4. The number of aromatic nitrogens is 2. The van der Waals surface area contributed by atoms with Crippen molar-refractivity contribution in [3.05, 3.63) is 181 Å². The minimum atomic E-state index is -0.0593.